The van der Waals surface area contributed by atoms with Gasteiger partial charge in [0, 0.05) is 32.1 Å². The average Bonchev–Trinajstić information content (AvgIpc) is 2.61. The first-order valence-electron chi connectivity index (χ1n) is 8.80. The topological polar surface area (TPSA) is 45.1 Å². The molecule has 0 aromatic heterocycles. The number of nitrogens with zero attached hydrogens (tertiary/aromatic N) is 3. The van der Waals surface area contributed by atoms with Crippen LogP contribution in [-0.2, 0) is 9.53 Å². The predicted octanol–water partition coefficient (Wildman–Crippen LogP) is 4.40. The first-order chi connectivity index (χ1) is 12.7. The van der Waals surface area contributed by atoms with Crippen molar-refractivity contribution in [3.8, 4) is 0 Å². The first-order valence-corrected chi connectivity index (χ1v) is 11.2. The average molecular weight is 426 g/mol. The summed E-state index contributed by atoms with van der Waals surface area (Å²) in [6.45, 7) is 7.40. The Kier molecular flexibility index (Phi) is 8.00. The van der Waals surface area contributed by atoms with Crippen LogP contribution in [0.25, 0.3) is 0 Å². The van der Waals surface area contributed by atoms with Gasteiger partial charge in [-0.25, -0.2) is 4.99 Å². The predicted molar refractivity (Wildman–Crippen MR) is 122 cm³/mol. The summed E-state index contributed by atoms with van der Waals surface area (Å²) in [7, 11) is 4.02. The molecule has 2 rings (SSSR count). The summed E-state index contributed by atoms with van der Waals surface area (Å²) < 4.78 is 5.66. The van der Waals surface area contributed by atoms with Crippen LogP contribution in [-0.4, -0.2) is 59.1 Å². The fourth-order valence-electron chi connectivity index (χ4n) is 2.47. The fraction of sp³-hybridized carbons (Fsp3) is 0.526. The first kappa shape index (κ1) is 22.0. The molecule has 5 nitrogen and oxygen atoms in total. The molecule has 148 valence electrons. The van der Waals surface area contributed by atoms with Gasteiger partial charge in [-0.2, -0.15) is 0 Å². The van der Waals surface area contributed by atoms with E-state index in [1.165, 1.54) is 11.8 Å². The second-order valence-electron chi connectivity index (χ2n) is 7.21. The van der Waals surface area contributed by atoms with Gasteiger partial charge in [-0.3, -0.25) is 4.79 Å². The molecule has 1 aromatic rings. The van der Waals surface area contributed by atoms with Crippen LogP contribution in [0.15, 0.2) is 29.3 Å². The highest BCUT2D eigenvalue weighted by molar-refractivity contribution is 8.23. The number of ether oxygens (including phenoxy) is 1. The van der Waals surface area contributed by atoms with Crippen LogP contribution < -0.4 is 4.90 Å². The zero-order valence-electron chi connectivity index (χ0n) is 16.5. The summed E-state index contributed by atoms with van der Waals surface area (Å²) in [5.74, 6) is 0.948. The van der Waals surface area contributed by atoms with Gasteiger partial charge in [-0.05, 0) is 30.5 Å². The number of benzene rings is 1. The Balaban J connectivity index is 2.20. The molecule has 1 aromatic carbocycles. The van der Waals surface area contributed by atoms with Crippen molar-refractivity contribution >= 4 is 62.6 Å². The maximum Gasteiger partial charge on any atom is 0.316 e. The highest BCUT2D eigenvalue weighted by atomic mass is 32.2. The van der Waals surface area contributed by atoms with Gasteiger partial charge in [-0.1, -0.05) is 55.7 Å². The van der Waals surface area contributed by atoms with Gasteiger partial charge in [-0.15, -0.1) is 0 Å². The molecule has 0 N–H and O–H groups in total. The SMILES string of the molecule is CCOC(=O)CSC(=S)N1CC(C)(C)CSC1=Nc1cccc(N(C)C)c1. The third-order valence-corrected chi connectivity index (χ3v) is 6.74. The lowest BCUT2D eigenvalue weighted by Gasteiger charge is -2.39. The second-order valence-corrected chi connectivity index (χ2v) is 9.76. The number of thiocarbonyl (C=S) groups is 1. The second kappa shape index (κ2) is 9.80. The van der Waals surface area contributed by atoms with Gasteiger partial charge < -0.3 is 14.5 Å². The minimum atomic E-state index is -0.244. The Morgan fingerprint density at radius 3 is 2.85 bits per heavy atom. The number of thioether (sulfide) groups is 2. The van der Waals surface area contributed by atoms with Crippen molar-refractivity contribution in [3.63, 3.8) is 0 Å². The fourth-order valence-corrected chi connectivity index (χ4v) is 4.63. The van der Waals surface area contributed by atoms with Crippen LogP contribution in [0.5, 0.6) is 0 Å². The van der Waals surface area contributed by atoms with E-state index < -0.39 is 0 Å². The Morgan fingerprint density at radius 2 is 2.19 bits per heavy atom. The van der Waals surface area contributed by atoms with E-state index in [4.69, 9.17) is 21.9 Å². The van der Waals surface area contributed by atoms with Gasteiger partial charge in [0.2, 0.25) is 0 Å². The number of rotatable bonds is 5. The number of carbonyl (C=O) groups excluding carboxylic acids is 1. The minimum absolute atomic E-state index is 0.115. The van der Waals surface area contributed by atoms with Crippen molar-refractivity contribution in [2.75, 3.05) is 43.7 Å². The van der Waals surface area contributed by atoms with E-state index in [0.717, 1.165) is 28.8 Å². The zero-order valence-corrected chi connectivity index (χ0v) is 19.0. The van der Waals surface area contributed by atoms with Gasteiger partial charge in [0.25, 0.3) is 0 Å². The summed E-state index contributed by atoms with van der Waals surface area (Å²) in [6.07, 6.45) is 0. The Bertz CT molecular complexity index is 720. The number of hydrogen-bond donors (Lipinski definition) is 0. The van der Waals surface area contributed by atoms with Gasteiger partial charge in [0.05, 0.1) is 18.0 Å². The molecule has 0 atom stereocenters. The van der Waals surface area contributed by atoms with E-state index in [1.54, 1.807) is 18.7 Å². The van der Waals surface area contributed by atoms with E-state index in [9.17, 15) is 4.79 Å². The molecule has 1 fully saturated rings. The third kappa shape index (κ3) is 6.69. The zero-order chi connectivity index (χ0) is 20.0. The maximum absolute atomic E-state index is 11.7. The quantitative estimate of drug-likeness (QED) is 0.512. The van der Waals surface area contributed by atoms with Crippen LogP contribution in [0.3, 0.4) is 0 Å². The van der Waals surface area contributed by atoms with Crippen LogP contribution >= 0.6 is 35.7 Å². The molecule has 0 bridgehead atoms. The van der Waals surface area contributed by atoms with Crippen LogP contribution in [0, 0.1) is 5.41 Å². The van der Waals surface area contributed by atoms with E-state index in [0.29, 0.717) is 10.9 Å². The summed E-state index contributed by atoms with van der Waals surface area (Å²) >= 11 is 8.66. The van der Waals surface area contributed by atoms with Gasteiger partial charge >= 0.3 is 5.97 Å². The number of aliphatic imine (C=N–C) groups is 1. The number of carbonyl (C=O) groups is 1. The van der Waals surface area contributed by atoms with Crippen molar-refractivity contribution in [3.05, 3.63) is 24.3 Å². The molecule has 8 heteroatoms. The molecular formula is C19H27N3O2S3. The highest BCUT2D eigenvalue weighted by Crippen LogP contribution is 2.34. The Morgan fingerprint density at radius 1 is 1.44 bits per heavy atom. The summed E-state index contributed by atoms with van der Waals surface area (Å²) in [4.78, 5) is 20.6. The molecule has 27 heavy (non-hydrogen) atoms. The lowest BCUT2D eigenvalue weighted by Crippen LogP contribution is -2.45. The number of hydrogen-bond acceptors (Lipinski definition) is 7. The van der Waals surface area contributed by atoms with Crippen molar-refractivity contribution in [2.45, 2.75) is 20.8 Å². The molecule has 0 unspecified atom stereocenters. The standard InChI is InChI=1S/C19H27N3O2S3/c1-6-24-16(23)11-26-18(25)22-12-19(2,3)13-27-17(22)20-14-8-7-9-15(10-14)21(4)5/h7-10H,6,11-13H2,1-5H3. The van der Waals surface area contributed by atoms with Crippen LogP contribution in [0.4, 0.5) is 11.4 Å². The van der Waals surface area contributed by atoms with Gasteiger partial charge in [0.1, 0.15) is 4.32 Å². The van der Waals surface area contributed by atoms with Gasteiger partial charge in [0.15, 0.2) is 5.17 Å². The molecule has 1 heterocycles. The molecule has 1 aliphatic rings. The summed E-state index contributed by atoms with van der Waals surface area (Å²) in [5.41, 5.74) is 2.11. The van der Waals surface area contributed by atoms with E-state index in [1.807, 2.05) is 26.2 Å². The number of amidine groups is 1. The Labute approximate surface area is 175 Å². The number of anilines is 1. The minimum Gasteiger partial charge on any atom is -0.465 e. The van der Waals surface area contributed by atoms with Crippen molar-refractivity contribution < 1.29 is 9.53 Å². The molecule has 1 saturated heterocycles. The van der Waals surface area contributed by atoms with E-state index in [2.05, 4.69) is 35.8 Å². The smallest absolute Gasteiger partial charge is 0.316 e. The summed E-state index contributed by atoms with van der Waals surface area (Å²) in [6, 6.07) is 8.11. The molecule has 0 radical (unpaired) electrons. The van der Waals surface area contributed by atoms with E-state index in [-0.39, 0.29) is 17.1 Å². The number of esters is 1. The van der Waals surface area contributed by atoms with Crippen molar-refractivity contribution in [1.82, 2.24) is 4.90 Å². The largest absolute Gasteiger partial charge is 0.465 e. The monoisotopic (exact) mass is 425 g/mol. The molecule has 1 aliphatic heterocycles. The van der Waals surface area contributed by atoms with Crippen LogP contribution in [0.2, 0.25) is 0 Å². The van der Waals surface area contributed by atoms with Crippen molar-refractivity contribution in [1.29, 1.82) is 0 Å². The highest BCUT2D eigenvalue weighted by Gasteiger charge is 2.33. The lowest BCUT2D eigenvalue weighted by atomic mass is 9.96. The molecule has 0 saturated carbocycles. The van der Waals surface area contributed by atoms with Crippen LogP contribution in [0.1, 0.15) is 20.8 Å². The molecular weight excluding hydrogens is 398 g/mol. The molecule has 0 spiro atoms. The van der Waals surface area contributed by atoms with Crippen molar-refractivity contribution in [2.24, 2.45) is 10.4 Å². The van der Waals surface area contributed by atoms with E-state index >= 15 is 0 Å². The normalized spacial score (nSPS) is 17.7. The Hall–Kier alpha value is -1.25. The third-order valence-electron chi connectivity index (χ3n) is 3.82. The maximum atomic E-state index is 11.7. The molecule has 0 aliphatic carbocycles. The lowest BCUT2D eigenvalue weighted by molar-refractivity contribution is -0.139. The summed E-state index contributed by atoms with van der Waals surface area (Å²) in [5, 5.41) is 0.881. The molecule has 0 amide bonds.